The largest absolute Gasteiger partial charge is 0.482 e. The van der Waals surface area contributed by atoms with Gasteiger partial charge in [0.25, 0.3) is 5.91 Å². The molecule has 9 nitrogen and oxygen atoms in total. The third-order valence-corrected chi connectivity index (χ3v) is 3.51. The molecule has 0 saturated heterocycles. The zero-order valence-electron chi connectivity index (χ0n) is 15.3. The van der Waals surface area contributed by atoms with Crippen molar-refractivity contribution in [2.75, 3.05) is 19.5 Å². The first-order valence-corrected chi connectivity index (χ1v) is 7.75. The van der Waals surface area contributed by atoms with Gasteiger partial charge < -0.3 is 20.7 Å². The third-order valence-electron chi connectivity index (χ3n) is 3.51. The molecule has 0 fully saturated rings. The van der Waals surface area contributed by atoms with Gasteiger partial charge in [0.05, 0.1) is 13.4 Å². The number of nitrogens with two attached hydrogens (primary N) is 1. The molecule has 0 aliphatic carbocycles. The average molecular weight is 399 g/mol. The smallest absolute Gasteiger partial charge is 0.408 e. The predicted molar refractivity (Wildman–Crippen MR) is 98.5 cm³/mol. The fourth-order valence-corrected chi connectivity index (χ4v) is 1.95. The number of nitrogens with zero attached hydrogens (tertiary/aromatic N) is 3. The Labute approximate surface area is 159 Å². The number of aliphatic imine (C=N–C) groups is 1. The number of hydrogen-bond acceptors (Lipinski definition) is 7. The van der Waals surface area contributed by atoms with E-state index in [1.807, 2.05) is 0 Å². The summed E-state index contributed by atoms with van der Waals surface area (Å²) in [7, 11) is 2.68. The lowest BCUT2D eigenvalue weighted by atomic mass is 10.2. The molecule has 1 atom stereocenters. The van der Waals surface area contributed by atoms with E-state index in [1.165, 1.54) is 38.6 Å². The van der Waals surface area contributed by atoms with Crippen molar-refractivity contribution >= 4 is 30.1 Å². The van der Waals surface area contributed by atoms with Crippen molar-refractivity contribution in [3.8, 4) is 0 Å². The minimum Gasteiger partial charge on any atom is -0.482 e. The van der Waals surface area contributed by atoms with Crippen LogP contribution in [0.4, 0.5) is 19.0 Å². The number of amides is 1. The topological polar surface area (TPSA) is 141 Å². The molecule has 152 valence electrons. The fraction of sp³-hybridized carbons (Fsp3) is 0.312. The number of carbonyl (C=O) groups excluding carboxylic acids is 1. The van der Waals surface area contributed by atoms with Crippen LogP contribution in [-0.2, 0) is 9.53 Å². The van der Waals surface area contributed by atoms with Crippen LogP contribution in [0.25, 0.3) is 0 Å². The van der Waals surface area contributed by atoms with Crippen molar-refractivity contribution in [1.82, 2.24) is 9.88 Å². The van der Waals surface area contributed by atoms with E-state index in [1.54, 1.807) is 0 Å². The molecule has 0 aliphatic heterocycles. The molecular formula is C16H20F3N7O2. The number of nitrogens with one attached hydrogen (secondary N) is 3. The van der Waals surface area contributed by atoms with Gasteiger partial charge in [-0.25, -0.2) is 4.98 Å². The number of hydrogen-bond donors (Lipinski definition) is 4. The van der Waals surface area contributed by atoms with E-state index in [2.05, 4.69) is 15.3 Å². The predicted octanol–water partition coefficient (Wildman–Crippen LogP) is 1.72. The molecular weight excluding hydrogens is 379 g/mol. The van der Waals surface area contributed by atoms with Crippen molar-refractivity contribution in [2.45, 2.75) is 19.1 Å². The highest BCUT2D eigenvalue weighted by atomic mass is 19.4. The maximum absolute atomic E-state index is 12.9. The summed E-state index contributed by atoms with van der Waals surface area (Å²) in [6, 6.07) is 1.95. The maximum Gasteiger partial charge on any atom is 0.408 e. The number of halogens is 3. The van der Waals surface area contributed by atoms with Gasteiger partial charge in [0, 0.05) is 13.3 Å². The van der Waals surface area contributed by atoms with Crippen LogP contribution in [-0.4, -0.2) is 60.6 Å². The standard InChI is InChI=1S/C16H20F3N7O2/c1-9(16(17,18)19)26(8-20)13(21)11-5-4-6-12(24-11)25-15(27)10(7-23-2)14(22)28-3/h4-9,20-21H,22H2,1-3H3,(H,24,25,27). The van der Waals surface area contributed by atoms with Crippen molar-refractivity contribution < 1.29 is 22.7 Å². The molecule has 1 rings (SSSR count). The van der Waals surface area contributed by atoms with E-state index in [-0.39, 0.29) is 23.0 Å². The molecule has 0 aliphatic rings. The molecule has 0 radical (unpaired) electrons. The Bertz CT molecular complexity index is 806. The summed E-state index contributed by atoms with van der Waals surface area (Å²) in [6.07, 6.45) is -3.08. The van der Waals surface area contributed by atoms with Crippen LogP contribution in [0.5, 0.6) is 0 Å². The van der Waals surface area contributed by atoms with E-state index in [0.29, 0.717) is 11.2 Å². The van der Waals surface area contributed by atoms with Gasteiger partial charge in [-0.2, -0.15) is 13.2 Å². The lowest BCUT2D eigenvalue weighted by molar-refractivity contribution is -0.160. The highest BCUT2D eigenvalue weighted by Crippen LogP contribution is 2.24. The van der Waals surface area contributed by atoms with Crippen LogP contribution in [0.3, 0.4) is 0 Å². The molecule has 1 aromatic rings. The normalized spacial score (nSPS) is 13.5. The summed E-state index contributed by atoms with van der Waals surface area (Å²) < 4.78 is 43.6. The summed E-state index contributed by atoms with van der Waals surface area (Å²) in [6.45, 7) is 0.819. The number of rotatable bonds is 7. The second kappa shape index (κ2) is 9.48. The van der Waals surface area contributed by atoms with Crippen LogP contribution in [0, 0.1) is 10.8 Å². The van der Waals surface area contributed by atoms with Crippen molar-refractivity contribution in [2.24, 2.45) is 10.7 Å². The Morgan fingerprint density at radius 1 is 1.46 bits per heavy atom. The zero-order valence-corrected chi connectivity index (χ0v) is 15.3. The molecule has 1 heterocycles. The highest BCUT2D eigenvalue weighted by molar-refractivity contribution is 6.17. The lowest BCUT2D eigenvalue weighted by Crippen LogP contribution is -2.46. The molecule has 12 heteroatoms. The first kappa shape index (κ1) is 22.6. The molecule has 1 unspecified atom stereocenters. The van der Waals surface area contributed by atoms with Crippen LogP contribution >= 0.6 is 0 Å². The minimum atomic E-state index is -4.65. The molecule has 28 heavy (non-hydrogen) atoms. The van der Waals surface area contributed by atoms with Crippen LogP contribution in [0.15, 0.2) is 34.6 Å². The molecule has 0 bridgehead atoms. The second-order valence-corrected chi connectivity index (χ2v) is 5.33. The number of amidine groups is 1. The van der Waals surface area contributed by atoms with Crippen LogP contribution in [0.1, 0.15) is 12.6 Å². The number of ether oxygens (including phenoxy) is 1. The van der Waals surface area contributed by atoms with Gasteiger partial charge in [-0.05, 0) is 19.1 Å². The molecule has 0 aromatic carbocycles. The zero-order chi connectivity index (χ0) is 21.5. The van der Waals surface area contributed by atoms with E-state index in [9.17, 15) is 18.0 Å². The van der Waals surface area contributed by atoms with Gasteiger partial charge in [-0.1, -0.05) is 6.07 Å². The first-order valence-electron chi connectivity index (χ1n) is 7.75. The van der Waals surface area contributed by atoms with Gasteiger partial charge in [0.1, 0.15) is 23.1 Å². The monoisotopic (exact) mass is 399 g/mol. The lowest BCUT2D eigenvalue weighted by Gasteiger charge is -2.28. The van der Waals surface area contributed by atoms with Gasteiger partial charge in [0.15, 0.2) is 11.7 Å². The number of aromatic nitrogens is 1. The summed E-state index contributed by atoms with van der Waals surface area (Å²) in [4.78, 5) is 20.4. The Hall–Kier alpha value is -3.44. The third kappa shape index (κ3) is 5.53. The summed E-state index contributed by atoms with van der Waals surface area (Å²) in [5.41, 5.74) is 5.32. The molecule has 1 aromatic heterocycles. The SMILES string of the molecule is CN=CC(C(=O)Nc1cccc(C(=N)N(C=N)C(C)C(F)(F)F)n1)=C(N)OC. The molecule has 0 spiro atoms. The molecule has 0 saturated carbocycles. The van der Waals surface area contributed by atoms with Crippen molar-refractivity contribution in [1.29, 1.82) is 10.8 Å². The summed E-state index contributed by atoms with van der Waals surface area (Å²) >= 11 is 0. The van der Waals surface area contributed by atoms with Crippen molar-refractivity contribution in [3.05, 3.63) is 35.3 Å². The second-order valence-electron chi connectivity index (χ2n) is 5.33. The van der Waals surface area contributed by atoms with E-state index in [0.717, 1.165) is 6.92 Å². The minimum absolute atomic E-state index is 0.0391. The highest BCUT2D eigenvalue weighted by Gasteiger charge is 2.41. The maximum atomic E-state index is 12.9. The Morgan fingerprint density at radius 2 is 2.11 bits per heavy atom. The summed E-state index contributed by atoms with van der Waals surface area (Å²) in [5, 5.41) is 17.6. The number of carbonyl (C=O) groups is 1. The molecule has 5 N–H and O–H groups in total. The van der Waals surface area contributed by atoms with E-state index in [4.69, 9.17) is 21.3 Å². The quantitative estimate of drug-likeness (QED) is 0.239. The van der Waals surface area contributed by atoms with E-state index < -0.39 is 24.0 Å². The van der Waals surface area contributed by atoms with Crippen LogP contribution in [0.2, 0.25) is 0 Å². The first-order chi connectivity index (χ1) is 13.1. The van der Waals surface area contributed by atoms with Crippen LogP contribution < -0.4 is 11.1 Å². The number of methoxy groups -OCH3 is 1. The van der Waals surface area contributed by atoms with Crippen molar-refractivity contribution in [3.63, 3.8) is 0 Å². The summed E-state index contributed by atoms with van der Waals surface area (Å²) in [5.74, 6) is -1.60. The van der Waals surface area contributed by atoms with E-state index >= 15 is 0 Å². The van der Waals surface area contributed by atoms with Gasteiger partial charge in [-0.3, -0.25) is 20.6 Å². The number of anilines is 1. The molecule has 1 amide bonds. The van der Waals surface area contributed by atoms with Gasteiger partial charge in [0.2, 0.25) is 0 Å². The average Bonchev–Trinajstić information content (AvgIpc) is 2.65. The Kier molecular flexibility index (Phi) is 7.65. The number of pyridine rings is 1. The van der Waals surface area contributed by atoms with Gasteiger partial charge >= 0.3 is 6.18 Å². The Balaban J connectivity index is 3.14. The Morgan fingerprint density at radius 3 is 2.61 bits per heavy atom. The number of alkyl halides is 3. The van der Waals surface area contributed by atoms with Gasteiger partial charge in [-0.15, -0.1) is 0 Å². The fourth-order valence-electron chi connectivity index (χ4n) is 1.95.